The summed E-state index contributed by atoms with van der Waals surface area (Å²) in [5.74, 6) is 0.874. The molecule has 112 valence electrons. The van der Waals surface area contributed by atoms with Crippen molar-refractivity contribution in [2.75, 3.05) is 26.2 Å². The number of hydrogen-bond donors (Lipinski definition) is 1. The Kier molecular flexibility index (Phi) is 4.48. The quantitative estimate of drug-likeness (QED) is 0.852. The predicted octanol–water partition coefficient (Wildman–Crippen LogP) is 1.81. The number of carboxylic acid groups (broad SMARTS) is 1. The molecular formula is C15H25N3O2. The molecule has 0 amide bonds. The molecule has 0 aromatic heterocycles. The summed E-state index contributed by atoms with van der Waals surface area (Å²) >= 11 is 0. The van der Waals surface area contributed by atoms with Gasteiger partial charge in [-0.25, -0.2) is 0 Å². The van der Waals surface area contributed by atoms with Crippen molar-refractivity contribution in [2.24, 2.45) is 10.9 Å². The number of aliphatic imine (C=N–C) groups is 1. The molecule has 2 aliphatic rings. The Labute approximate surface area is 121 Å². The molecule has 0 aliphatic carbocycles. The number of hydrogen-bond acceptors (Lipinski definition) is 4. The molecule has 0 saturated carbocycles. The van der Waals surface area contributed by atoms with Gasteiger partial charge in [0.2, 0.25) is 0 Å². The first kappa shape index (κ1) is 15.0. The Hall–Kier alpha value is -1.36. The van der Waals surface area contributed by atoms with E-state index in [2.05, 4.69) is 32.6 Å². The average Bonchev–Trinajstić information content (AvgIpc) is 2.41. The molecule has 2 rings (SSSR count). The number of aliphatic carboxylic acids is 1. The molecule has 20 heavy (non-hydrogen) atoms. The minimum absolute atomic E-state index is 0.120. The summed E-state index contributed by atoms with van der Waals surface area (Å²) in [4.78, 5) is 20.1. The molecule has 1 N–H and O–H groups in total. The zero-order valence-electron chi connectivity index (χ0n) is 12.9. The lowest BCUT2D eigenvalue weighted by Crippen LogP contribution is -2.52. The van der Waals surface area contributed by atoms with Crippen molar-refractivity contribution in [3.05, 3.63) is 11.3 Å². The first-order valence-corrected chi connectivity index (χ1v) is 7.43. The Morgan fingerprint density at radius 1 is 1.50 bits per heavy atom. The standard InChI is InChI=1S/C15H25N3O2/c1-5-10(2)15-16-12(4)11(3)13-8-17(9-14(19)20)6-7-18(13)15/h10,12H,5-9H2,1-4H3,(H,19,20)/t10?,12-/m0/s1. The highest BCUT2D eigenvalue weighted by molar-refractivity contribution is 5.87. The van der Waals surface area contributed by atoms with Crippen LogP contribution >= 0.6 is 0 Å². The number of piperazine rings is 1. The minimum Gasteiger partial charge on any atom is -0.480 e. The molecule has 0 aromatic rings. The van der Waals surface area contributed by atoms with Gasteiger partial charge in [0.15, 0.2) is 0 Å². The van der Waals surface area contributed by atoms with Gasteiger partial charge in [0.1, 0.15) is 5.84 Å². The summed E-state index contributed by atoms with van der Waals surface area (Å²) in [6.07, 6.45) is 1.08. The van der Waals surface area contributed by atoms with Crippen LogP contribution in [-0.2, 0) is 4.79 Å². The molecule has 5 nitrogen and oxygen atoms in total. The van der Waals surface area contributed by atoms with Crippen molar-refractivity contribution >= 4 is 11.8 Å². The lowest BCUT2D eigenvalue weighted by Gasteiger charge is -2.43. The molecule has 0 aromatic carbocycles. The first-order valence-electron chi connectivity index (χ1n) is 7.43. The van der Waals surface area contributed by atoms with Gasteiger partial charge in [0.25, 0.3) is 0 Å². The number of rotatable bonds is 4. The molecule has 1 fully saturated rings. The van der Waals surface area contributed by atoms with Crippen molar-refractivity contribution in [1.29, 1.82) is 0 Å². The van der Waals surface area contributed by atoms with Crippen LogP contribution in [0.15, 0.2) is 16.3 Å². The lowest BCUT2D eigenvalue weighted by molar-refractivity contribution is -0.138. The van der Waals surface area contributed by atoms with Gasteiger partial charge in [-0.15, -0.1) is 0 Å². The monoisotopic (exact) mass is 279 g/mol. The van der Waals surface area contributed by atoms with Crippen LogP contribution in [0.25, 0.3) is 0 Å². The van der Waals surface area contributed by atoms with E-state index in [-0.39, 0.29) is 12.6 Å². The normalized spacial score (nSPS) is 25.3. The van der Waals surface area contributed by atoms with Crippen LogP contribution < -0.4 is 0 Å². The van der Waals surface area contributed by atoms with Crippen LogP contribution in [0.3, 0.4) is 0 Å². The molecule has 2 atom stereocenters. The fourth-order valence-corrected chi connectivity index (χ4v) is 2.85. The average molecular weight is 279 g/mol. The second kappa shape index (κ2) is 5.95. The topological polar surface area (TPSA) is 56.1 Å². The van der Waals surface area contributed by atoms with E-state index in [1.807, 2.05) is 4.90 Å². The summed E-state index contributed by atoms with van der Waals surface area (Å²) in [6, 6.07) is 0.204. The third kappa shape index (κ3) is 2.87. The third-order valence-electron chi connectivity index (χ3n) is 4.44. The summed E-state index contributed by atoms with van der Waals surface area (Å²) in [7, 11) is 0. The van der Waals surface area contributed by atoms with E-state index in [0.717, 1.165) is 26.1 Å². The van der Waals surface area contributed by atoms with Gasteiger partial charge in [-0.1, -0.05) is 13.8 Å². The molecule has 5 heteroatoms. The maximum Gasteiger partial charge on any atom is 0.317 e. The van der Waals surface area contributed by atoms with Gasteiger partial charge in [0, 0.05) is 31.2 Å². The number of amidine groups is 1. The Morgan fingerprint density at radius 3 is 2.80 bits per heavy atom. The Balaban J connectivity index is 2.22. The number of carbonyl (C=O) groups is 1. The SMILES string of the molecule is CCC(C)C1=N[C@@H](C)C(C)=C2CN(CC(=O)O)CCN12. The highest BCUT2D eigenvalue weighted by atomic mass is 16.4. The number of fused-ring (bicyclic) bond motifs is 1. The largest absolute Gasteiger partial charge is 0.480 e. The summed E-state index contributed by atoms with van der Waals surface area (Å²) in [5.41, 5.74) is 2.53. The van der Waals surface area contributed by atoms with Gasteiger partial charge in [0.05, 0.1) is 12.6 Å². The van der Waals surface area contributed by atoms with Crippen LogP contribution in [0.1, 0.15) is 34.1 Å². The summed E-state index contributed by atoms with van der Waals surface area (Å²) in [6.45, 7) is 11.1. The molecule has 0 bridgehead atoms. The van der Waals surface area contributed by atoms with Gasteiger partial charge < -0.3 is 10.0 Å². The molecular weight excluding hydrogens is 254 g/mol. The van der Waals surface area contributed by atoms with E-state index in [4.69, 9.17) is 10.1 Å². The third-order valence-corrected chi connectivity index (χ3v) is 4.44. The van der Waals surface area contributed by atoms with Crippen LogP contribution in [0.4, 0.5) is 0 Å². The van der Waals surface area contributed by atoms with E-state index in [1.165, 1.54) is 17.1 Å². The predicted molar refractivity (Wildman–Crippen MR) is 79.8 cm³/mol. The maximum atomic E-state index is 10.9. The first-order chi connectivity index (χ1) is 9.43. The minimum atomic E-state index is -0.753. The van der Waals surface area contributed by atoms with Gasteiger partial charge in [-0.3, -0.25) is 14.7 Å². The second-order valence-corrected chi connectivity index (χ2v) is 5.86. The van der Waals surface area contributed by atoms with Crippen LogP contribution in [0, 0.1) is 5.92 Å². The molecule has 2 aliphatic heterocycles. The van der Waals surface area contributed by atoms with E-state index in [0.29, 0.717) is 5.92 Å². The zero-order valence-corrected chi connectivity index (χ0v) is 12.9. The number of carboxylic acids is 1. The summed E-state index contributed by atoms with van der Waals surface area (Å²) < 4.78 is 0. The van der Waals surface area contributed by atoms with Crippen molar-refractivity contribution in [2.45, 2.75) is 40.2 Å². The van der Waals surface area contributed by atoms with E-state index in [9.17, 15) is 4.79 Å². The van der Waals surface area contributed by atoms with Crippen molar-refractivity contribution in [3.63, 3.8) is 0 Å². The lowest BCUT2D eigenvalue weighted by atomic mass is 9.98. The van der Waals surface area contributed by atoms with Crippen molar-refractivity contribution in [3.8, 4) is 0 Å². The Morgan fingerprint density at radius 2 is 2.20 bits per heavy atom. The second-order valence-electron chi connectivity index (χ2n) is 5.86. The van der Waals surface area contributed by atoms with Crippen molar-refractivity contribution < 1.29 is 9.90 Å². The zero-order chi connectivity index (χ0) is 14.9. The van der Waals surface area contributed by atoms with Crippen LogP contribution in [0.5, 0.6) is 0 Å². The highest BCUT2D eigenvalue weighted by Crippen LogP contribution is 2.28. The fourth-order valence-electron chi connectivity index (χ4n) is 2.85. The number of nitrogens with zero attached hydrogens (tertiary/aromatic N) is 3. The maximum absolute atomic E-state index is 10.9. The molecule has 1 unspecified atom stereocenters. The van der Waals surface area contributed by atoms with Gasteiger partial charge in [-0.05, 0) is 25.8 Å². The molecule has 0 radical (unpaired) electrons. The van der Waals surface area contributed by atoms with Crippen LogP contribution in [-0.4, -0.2) is 58.9 Å². The molecule has 0 spiro atoms. The van der Waals surface area contributed by atoms with Crippen LogP contribution in [0.2, 0.25) is 0 Å². The van der Waals surface area contributed by atoms with E-state index < -0.39 is 5.97 Å². The van der Waals surface area contributed by atoms with E-state index >= 15 is 0 Å². The summed E-state index contributed by atoms with van der Waals surface area (Å²) in [5, 5.41) is 8.96. The molecule has 1 saturated heterocycles. The smallest absolute Gasteiger partial charge is 0.317 e. The Bertz CT molecular complexity index is 456. The molecule has 2 heterocycles. The van der Waals surface area contributed by atoms with Crippen molar-refractivity contribution in [1.82, 2.24) is 9.80 Å². The highest BCUT2D eigenvalue weighted by Gasteiger charge is 2.32. The van der Waals surface area contributed by atoms with Gasteiger partial charge >= 0.3 is 5.97 Å². The van der Waals surface area contributed by atoms with E-state index in [1.54, 1.807) is 0 Å². The van der Waals surface area contributed by atoms with Gasteiger partial charge in [-0.2, -0.15) is 0 Å². The fraction of sp³-hybridized carbons (Fsp3) is 0.733.